The Balaban J connectivity index is 1.71. The van der Waals surface area contributed by atoms with Crippen LogP contribution in [0.4, 0.5) is 0 Å². The van der Waals surface area contributed by atoms with Gasteiger partial charge in [-0.1, -0.05) is 23.8 Å². The van der Waals surface area contributed by atoms with Gasteiger partial charge in [-0.3, -0.25) is 14.5 Å². The van der Waals surface area contributed by atoms with Crippen molar-refractivity contribution in [1.29, 1.82) is 0 Å². The third kappa shape index (κ3) is 4.35. The van der Waals surface area contributed by atoms with Crippen LogP contribution in [0.2, 0.25) is 0 Å². The number of hydrogen-bond acceptors (Lipinski definition) is 4. The normalized spacial score (nSPS) is 16.6. The number of nitrogens with one attached hydrogen (secondary N) is 2. The van der Waals surface area contributed by atoms with Crippen LogP contribution in [0, 0.1) is 17.6 Å². The van der Waals surface area contributed by atoms with Gasteiger partial charge < -0.3 is 10.1 Å². The summed E-state index contributed by atoms with van der Waals surface area (Å²) in [6, 6.07) is 8.12. The minimum atomic E-state index is -0.0506. The molecule has 2 N–H and O–H groups in total. The van der Waals surface area contributed by atoms with E-state index in [1.165, 1.54) is 0 Å². The average Bonchev–Trinajstić information content (AvgIpc) is 2.96. The molecule has 0 radical (unpaired) electrons. The number of ether oxygens (including phenoxy) is 1. The third-order valence-corrected chi connectivity index (χ3v) is 5.01. The van der Waals surface area contributed by atoms with Gasteiger partial charge in [0.2, 0.25) is 5.91 Å². The van der Waals surface area contributed by atoms with Crippen molar-refractivity contribution in [1.82, 2.24) is 20.1 Å². The second-order valence-electron chi connectivity index (χ2n) is 6.61. The van der Waals surface area contributed by atoms with Crippen molar-refractivity contribution in [2.24, 2.45) is 5.92 Å². The van der Waals surface area contributed by atoms with Gasteiger partial charge >= 0.3 is 0 Å². The number of rotatable bonds is 5. The predicted octanol–water partition coefficient (Wildman–Crippen LogP) is 2.85. The zero-order valence-corrected chi connectivity index (χ0v) is 15.4. The first-order chi connectivity index (χ1) is 12.0. The average molecular weight is 360 g/mol. The van der Waals surface area contributed by atoms with Crippen LogP contribution in [-0.2, 0) is 16.1 Å². The van der Waals surface area contributed by atoms with Crippen LogP contribution in [-0.4, -0.2) is 39.9 Å². The number of carbonyl (C=O) groups excluding carboxylic acids is 1. The Labute approximate surface area is 152 Å². The summed E-state index contributed by atoms with van der Waals surface area (Å²) in [5.74, 6) is 1.10. The van der Waals surface area contributed by atoms with Crippen molar-refractivity contribution in [2.75, 3.05) is 13.2 Å². The zero-order valence-electron chi connectivity index (χ0n) is 14.6. The molecule has 0 aliphatic carbocycles. The number of amides is 1. The van der Waals surface area contributed by atoms with E-state index in [2.05, 4.69) is 22.4 Å². The number of aromatic amines is 1. The summed E-state index contributed by atoms with van der Waals surface area (Å²) < 4.78 is 7.58. The lowest BCUT2D eigenvalue weighted by molar-refractivity contribution is -0.122. The second-order valence-corrected chi connectivity index (χ2v) is 7.00. The molecule has 1 saturated heterocycles. The highest BCUT2D eigenvalue weighted by atomic mass is 32.1. The van der Waals surface area contributed by atoms with E-state index >= 15 is 0 Å². The molecule has 1 aliphatic heterocycles. The number of nitrogens with zero attached hydrogens (tertiary/aromatic N) is 2. The summed E-state index contributed by atoms with van der Waals surface area (Å²) in [4.78, 5) is 12.5. The van der Waals surface area contributed by atoms with Gasteiger partial charge in [-0.25, -0.2) is 0 Å². The molecule has 1 amide bonds. The molecule has 1 aliphatic rings. The maximum absolute atomic E-state index is 12.5. The number of benzene rings is 1. The summed E-state index contributed by atoms with van der Waals surface area (Å²) in [6.45, 7) is 5.79. The summed E-state index contributed by atoms with van der Waals surface area (Å²) in [6.07, 6.45) is 1.97. The number of H-pyrrole nitrogens is 1. The van der Waals surface area contributed by atoms with E-state index in [1.807, 2.05) is 31.2 Å². The zero-order chi connectivity index (χ0) is 17.8. The number of aryl methyl sites for hydroxylation is 1. The Bertz CT molecular complexity index is 792. The fourth-order valence-electron chi connectivity index (χ4n) is 3.25. The summed E-state index contributed by atoms with van der Waals surface area (Å²) in [5, 5.41) is 10.2. The predicted molar refractivity (Wildman–Crippen MR) is 98.7 cm³/mol. The van der Waals surface area contributed by atoms with E-state index in [-0.39, 0.29) is 18.5 Å². The van der Waals surface area contributed by atoms with E-state index in [1.54, 1.807) is 4.57 Å². The smallest absolute Gasteiger partial charge is 0.240 e. The van der Waals surface area contributed by atoms with Crippen LogP contribution < -0.4 is 5.32 Å². The van der Waals surface area contributed by atoms with Gasteiger partial charge in [0, 0.05) is 24.8 Å². The molecule has 134 valence electrons. The van der Waals surface area contributed by atoms with Crippen LogP contribution in [0.1, 0.15) is 25.3 Å². The van der Waals surface area contributed by atoms with E-state index in [0.717, 1.165) is 37.2 Å². The molecule has 3 rings (SSSR count). The van der Waals surface area contributed by atoms with Crippen molar-refractivity contribution in [2.45, 2.75) is 39.3 Å². The lowest BCUT2D eigenvalue weighted by atomic mass is 9.93. The molecule has 6 nitrogen and oxygen atoms in total. The highest BCUT2D eigenvalue weighted by Gasteiger charge is 2.22. The summed E-state index contributed by atoms with van der Waals surface area (Å²) in [7, 11) is 0. The molecule has 0 unspecified atom stereocenters. The Morgan fingerprint density at radius 1 is 1.48 bits per heavy atom. The molecule has 0 bridgehead atoms. The van der Waals surface area contributed by atoms with Crippen LogP contribution >= 0.6 is 12.2 Å². The maximum Gasteiger partial charge on any atom is 0.240 e. The highest BCUT2D eigenvalue weighted by molar-refractivity contribution is 7.71. The Morgan fingerprint density at radius 3 is 2.96 bits per heavy atom. The van der Waals surface area contributed by atoms with Crippen LogP contribution in [0.25, 0.3) is 11.4 Å². The Hall–Kier alpha value is -1.99. The molecule has 1 aromatic carbocycles. The summed E-state index contributed by atoms with van der Waals surface area (Å²) in [5.41, 5.74) is 2.08. The van der Waals surface area contributed by atoms with Crippen molar-refractivity contribution >= 4 is 18.1 Å². The standard InChI is InChI=1S/C18H24N4O2S/c1-12-4-3-5-15(10-12)17-20-21-18(25)22(17)11-16(23)19-13(2)14-6-8-24-9-7-14/h3-5,10,13-14H,6-9,11H2,1-2H3,(H,19,23)(H,21,25)/t13-/m0/s1. The Kier molecular flexibility index (Phi) is 5.65. The molecule has 2 aromatic rings. The number of carbonyl (C=O) groups is 1. The second kappa shape index (κ2) is 7.93. The van der Waals surface area contributed by atoms with Gasteiger partial charge in [0.15, 0.2) is 10.6 Å². The maximum atomic E-state index is 12.5. The number of hydrogen-bond donors (Lipinski definition) is 2. The van der Waals surface area contributed by atoms with Crippen molar-refractivity contribution in [3.05, 3.63) is 34.6 Å². The van der Waals surface area contributed by atoms with Gasteiger partial charge in [0.1, 0.15) is 6.54 Å². The first-order valence-corrected chi connectivity index (χ1v) is 9.05. The molecule has 1 aromatic heterocycles. The van der Waals surface area contributed by atoms with Gasteiger partial charge in [-0.15, -0.1) is 0 Å². The van der Waals surface area contributed by atoms with E-state index in [9.17, 15) is 4.79 Å². The minimum absolute atomic E-state index is 0.0506. The first kappa shape index (κ1) is 17.8. The van der Waals surface area contributed by atoms with Crippen LogP contribution in [0.15, 0.2) is 24.3 Å². The number of aromatic nitrogens is 3. The molecule has 25 heavy (non-hydrogen) atoms. The van der Waals surface area contributed by atoms with Crippen molar-refractivity contribution in [3.8, 4) is 11.4 Å². The molecule has 0 saturated carbocycles. The van der Waals surface area contributed by atoms with E-state index < -0.39 is 0 Å². The van der Waals surface area contributed by atoms with Gasteiger partial charge in [0.25, 0.3) is 0 Å². The van der Waals surface area contributed by atoms with Gasteiger partial charge in [-0.2, -0.15) is 5.10 Å². The van der Waals surface area contributed by atoms with E-state index in [0.29, 0.717) is 16.5 Å². The van der Waals surface area contributed by atoms with E-state index in [4.69, 9.17) is 17.0 Å². The van der Waals surface area contributed by atoms with Crippen molar-refractivity contribution in [3.63, 3.8) is 0 Å². The third-order valence-electron chi connectivity index (χ3n) is 4.70. The van der Waals surface area contributed by atoms with Crippen LogP contribution in [0.3, 0.4) is 0 Å². The molecule has 1 atom stereocenters. The largest absolute Gasteiger partial charge is 0.381 e. The fraction of sp³-hybridized carbons (Fsp3) is 0.500. The first-order valence-electron chi connectivity index (χ1n) is 8.64. The molecular formula is C18H24N4O2S. The SMILES string of the molecule is Cc1cccc(-c2n[nH]c(=S)n2CC(=O)N[C@@H](C)C2CCOCC2)c1. The molecule has 2 heterocycles. The van der Waals surface area contributed by atoms with Crippen LogP contribution in [0.5, 0.6) is 0 Å². The quantitative estimate of drug-likeness (QED) is 0.804. The van der Waals surface area contributed by atoms with Gasteiger partial charge in [-0.05, 0) is 50.9 Å². The van der Waals surface area contributed by atoms with Crippen molar-refractivity contribution < 1.29 is 9.53 Å². The molecule has 7 heteroatoms. The lowest BCUT2D eigenvalue weighted by Crippen LogP contribution is -2.41. The molecular weight excluding hydrogens is 336 g/mol. The minimum Gasteiger partial charge on any atom is -0.381 e. The fourth-order valence-corrected chi connectivity index (χ4v) is 3.44. The highest BCUT2D eigenvalue weighted by Crippen LogP contribution is 2.20. The monoisotopic (exact) mass is 360 g/mol. The molecule has 1 fully saturated rings. The van der Waals surface area contributed by atoms with Gasteiger partial charge in [0.05, 0.1) is 0 Å². The Morgan fingerprint density at radius 2 is 2.24 bits per heavy atom. The lowest BCUT2D eigenvalue weighted by Gasteiger charge is -2.28. The summed E-state index contributed by atoms with van der Waals surface area (Å²) >= 11 is 5.31. The topological polar surface area (TPSA) is 71.9 Å². The molecule has 0 spiro atoms.